The molecule has 0 atom stereocenters. The molecule has 0 aliphatic carbocycles. The predicted molar refractivity (Wildman–Crippen MR) is 99.8 cm³/mol. The first-order chi connectivity index (χ1) is 12.7. The molecule has 0 fully saturated rings. The molecule has 3 aromatic rings. The highest BCUT2D eigenvalue weighted by molar-refractivity contribution is 5.97. The minimum Gasteiger partial charge on any atom is -0.493 e. The number of fused-ring (bicyclic) bond motifs is 1. The summed E-state index contributed by atoms with van der Waals surface area (Å²) in [5.74, 6) is -0.230. The van der Waals surface area contributed by atoms with Crippen LogP contribution in [0.2, 0.25) is 0 Å². The topological polar surface area (TPSA) is 72.4 Å². The monoisotopic (exact) mass is 351 g/mol. The molecule has 1 heterocycles. The fourth-order valence-corrected chi connectivity index (χ4v) is 2.66. The van der Waals surface area contributed by atoms with E-state index >= 15 is 0 Å². The average molecular weight is 351 g/mol. The van der Waals surface area contributed by atoms with Gasteiger partial charge in [0, 0.05) is 11.7 Å². The summed E-state index contributed by atoms with van der Waals surface area (Å²) in [6.07, 6.45) is 2.69. The van der Waals surface area contributed by atoms with Crippen molar-refractivity contribution < 1.29 is 14.3 Å². The van der Waals surface area contributed by atoms with Gasteiger partial charge in [0.1, 0.15) is 12.3 Å². The van der Waals surface area contributed by atoms with Crippen LogP contribution in [0, 0.1) is 0 Å². The van der Waals surface area contributed by atoms with Crippen LogP contribution in [0.3, 0.4) is 0 Å². The second-order valence-corrected chi connectivity index (χ2v) is 5.85. The molecule has 0 bridgehead atoms. The van der Waals surface area contributed by atoms with Crippen molar-refractivity contribution in [2.24, 2.45) is 0 Å². The molecule has 2 N–H and O–H groups in total. The van der Waals surface area contributed by atoms with Gasteiger partial charge in [-0.2, -0.15) is 0 Å². The van der Waals surface area contributed by atoms with Crippen molar-refractivity contribution in [1.82, 2.24) is 15.4 Å². The van der Waals surface area contributed by atoms with Crippen LogP contribution < -0.4 is 15.6 Å². The third-order valence-electron chi connectivity index (χ3n) is 3.90. The van der Waals surface area contributed by atoms with Crippen LogP contribution >= 0.6 is 0 Å². The molecular weight excluding hydrogens is 330 g/mol. The molecule has 2 amide bonds. The first-order valence-electron chi connectivity index (χ1n) is 8.54. The lowest BCUT2D eigenvalue weighted by molar-refractivity contribution is -0.122. The largest absolute Gasteiger partial charge is 0.493 e. The number of hydrazine groups is 1. The molecule has 6 heteroatoms. The summed E-state index contributed by atoms with van der Waals surface area (Å²) in [5, 5.41) is 1.06. The molecule has 0 aliphatic heterocycles. The van der Waals surface area contributed by atoms with Crippen molar-refractivity contribution in [2.75, 3.05) is 6.61 Å². The van der Waals surface area contributed by atoms with Gasteiger partial charge < -0.3 is 9.30 Å². The van der Waals surface area contributed by atoms with E-state index in [1.807, 2.05) is 48.0 Å². The van der Waals surface area contributed by atoms with Crippen LogP contribution in [0.15, 0.2) is 60.8 Å². The molecule has 0 saturated carbocycles. The number of ether oxygens (including phenoxy) is 1. The standard InChI is InChI=1S/C20H21N3O3/c1-2-13-26-18-10-6-4-8-16(18)20(25)22-21-19(24)14-23-12-11-15-7-3-5-9-17(15)23/h3-12H,2,13-14H2,1H3,(H,21,24)(H,22,25). The molecule has 26 heavy (non-hydrogen) atoms. The predicted octanol–water partition coefficient (Wildman–Crippen LogP) is 2.89. The maximum atomic E-state index is 12.3. The Bertz CT molecular complexity index is 917. The zero-order chi connectivity index (χ0) is 18.4. The van der Waals surface area contributed by atoms with Gasteiger partial charge in [0.15, 0.2) is 0 Å². The van der Waals surface area contributed by atoms with Gasteiger partial charge >= 0.3 is 0 Å². The van der Waals surface area contributed by atoms with Crippen molar-refractivity contribution >= 4 is 22.7 Å². The van der Waals surface area contributed by atoms with Gasteiger partial charge in [-0.1, -0.05) is 37.3 Å². The van der Waals surface area contributed by atoms with Gasteiger partial charge in [-0.25, -0.2) is 0 Å². The number of aromatic nitrogens is 1. The number of amides is 2. The zero-order valence-electron chi connectivity index (χ0n) is 14.6. The zero-order valence-corrected chi connectivity index (χ0v) is 14.6. The number of nitrogens with one attached hydrogen (secondary N) is 2. The fourth-order valence-electron chi connectivity index (χ4n) is 2.66. The Labute approximate surface area is 151 Å². The number of carbonyl (C=O) groups excluding carboxylic acids is 2. The molecule has 3 rings (SSSR count). The molecule has 0 unspecified atom stereocenters. The van der Waals surface area contributed by atoms with Crippen LogP contribution in [-0.4, -0.2) is 23.0 Å². The van der Waals surface area contributed by atoms with Crippen LogP contribution in [-0.2, 0) is 11.3 Å². The second-order valence-electron chi connectivity index (χ2n) is 5.85. The second kappa shape index (κ2) is 8.20. The van der Waals surface area contributed by atoms with Gasteiger partial charge in [0.2, 0.25) is 0 Å². The number of benzene rings is 2. The van der Waals surface area contributed by atoms with Crippen molar-refractivity contribution in [2.45, 2.75) is 19.9 Å². The van der Waals surface area contributed by atoms with E-state index in [2.05, 4.69) is 10.9 Å². The number of rotatable bonds is 6. The minimum atomic E-state index is -0.414. The lowest BCUT2D eigenvalue weighted by atomic mass is 10.2. The molecule has 0 saturated heterocycles. The Morgan fingerprint density at radius 1 is 1.00 bits per heavy atom. The van der Waals surface area contributed by atoms with Crippen LogP contribution in [0.4, 0.5) is 0 Å². The van der Waals surface area contributed by atoms with E-state index in [-0.39, 0.29) is 12.5 Å². The fraction of sp³-hybridized carbons (Fsp3) is 0.200. The molecule has 2 aromatic carbocycles. The summed E-state index contributed by atoms with van der Waals surface area (Å²) < 4.78 is 7.40. The van der Waals surface area contributed by atoms with E-state index in [0.717, 1.165) is 17.3 Å². The number of hydrogen-bond donors (Lipinski definition) is 2. The quantitative estimate of drug-likeness (QED) is 0.671. The summed E-state index contributed by atoms with van der Waals surface area (Å²) >= 11 is 0. The lowest BCUT2D eigenvalue weighted by Gasteiger charge is -2.12. The van der Waals surface area contributed by atoms with Gasteiger partial charge in [-0.15, -0.1) is 0 Å². The Kier molecular flexibility index (Phi) is 5.53. The number of hydrogen-bond acceptors (Lipinski definition) is 3. The van der Waals surface area contributed by atoms with Crippen molar-refractivity contribution in [3.05, 3.63) is 66.4 Å². The van der Waals surface area contributed by atoms with E-state index in [1.165, 1.54) is 0 Å². The Hall–Kier alpha value is -3.28. The van der Waals surface area contributed by atoms with Crippen molar-refractivity contribution in [3.8, 4) is 5.75 Å². The average Bonchev–Trinajstić information content (AvgIpc) is 3.07. The van der Waals surface area contributed by atoms with E-state index in [0.29, 0.717) is 17.9 Å². The van der Waals surface area contributed by atoms with Gasteiger partial charge in [-0.05, 0) is 36.1 Å². The molecular formula is C20H21N3O3. The summed E-state index contributed by atoms with van der Waals surface area (Å²) in [4.78, 5) is 24.5. The third kappa shape index (κ3) is 4.03. The lowest BCUT2D eigenvalue weighted by Crippen LogP contribution is -2.43. The first-order valence-corrected chi connectivity index (χ1v) is 8.54. The minimum absolute atomic E-state index is 0.113. The van der Waals surface area contributed by atoms with E-state index in [4.69, 9.17) is 4.74 Å². The first kappa shape index (κ1) is 17.5. The van der Waals surface area contributed by atoms with Crippen molar-refractivity contribution in [3.63, 3.8) is 0 Å². The summed E-state index contributed by atoms with van der Waals surface area (Å²) in [7, 11) is 0. The van der Waals surface area contributed by atoms with Crippen molar-refractivity contribution in [1.29, 1.82) is 0 Å². The smallest absolute Gasteiger partial charge is 0.273 e. The highest BCUT2D eigenvalue weighted by Gasteiger charge is 2.13. The number of para-hydroxylation sites is 2. The Morgan fingerprint density at radius 2 is 1.77 bits per heavy atom. The highest BCUT2D eigenvalue weighted by Crippen LogP contribution is 2.18. The van der Waals surface area contributed by atoms with Gasteiger partial charge in [0.05, 0.1) is 12.2 Å². The third-order valence-corrected chi connectivity index (χ3v) is 3.90. The molecule has 0 radical (unpaired) electrons. The van der Waals surface area contributed by atoms with E-state index < -0.39 is 5.91 Å². The van der Waals surface area contributed by atoms with Gasteiger partial charge in [-0.3, -0.25) is 20.4 Å². The van der Waals surface area contributed by atoms with Crippen LogP contribution in [0.25, 0.3) is 10.9 Å². The SMILES string of the molecule is CCCOc1ccccc1C(=O)NNC(=O)Cn1ccc2ccccc21. The Balaban J connectivity index is 1.60. The van der Waals surface area contributed by atoms with Crippen LogP contribution in [0.1, 0.15) is 23.7 Å². The normalized spacial score (nSPS) is 10.5. The molecule has 6 nitrogen and oxygen atoms in total. The summed E-state index contributed by atoms with van der Waals surface area (Å²) in [6, 6.07) is 16.7. The molecule has 0 aliphatic rings. The van der Waals surface area contributed by atoms with Crippen LogP contribution in [0.5, 0.6) is 5.75 Å². The Morgan fingerprint density at radius 3 is 2.62 bits per heavy atom. The number of nitrogens with zero attached hydrogens (tertiary/aromatic N) is 1. The maximum Gasteiger partial charge on any atom is 0.273 e. The summed E-state index contributed by atoms with van der Waals surface area (Å²) in [5.41, 5.74) is 6.24. The summed E-state index contributed by atoms with van der Waals surface area (Å²) in [6.45, 7) is 2.63. The maximum absolute atomic E-state index is 12.3. The highest BCUT2D eigenvalue weighted by atomic mass is 16.5. The van der Waals surface area contributed by atoms with E-state index in [9.17, 15) is 9.59 Å². The van der Waals surface area contributed by atoms with E-state index in [1.54, 1.807) is 24.3 Å². The molecule has 134 valence electrons. The molecule has 0 spiro atoms. The molecule has 1 aromatic heterocycles. The number of carbonyl (C=O) groups is 2. The van der Waals surface area contributed by atoms with Gasteiger partial charge in [0.25, 0.3) is 11.8 Å².